The van der Waals surface area contributed by atoms with Gasteiger partial charge in [0.15, 0.2) is 0 Å². The Morgan fingerprint density at radius 2 is 1.52 bits per heavy atom. The summed E-state index contributed by atoms with van der Waals surface area (Å²) in [6, 6.07) is 14.9. The number of rotatable bonds is 2. The predicted molar refractivity (Wildman–Crippen MR) is 110 cm³/mol. The molecule has 1 saturated heterocycles. The van der Waals surface area contributed by atoms with Crippen molar-refractivity contribution in [3.63, 3.8) is 0 Å². The molecule has 1 spiro atoms. The van der Waals surface area contributed by atoms with Gasteiger partial charge in [-0.05, 0) is 37.1 Å². The van der Waals surface area contributed by atoms with E-state index >= 15 is 0 Å². The summed E-state index contributed by atoms with van der Waals surface area (Å²) in [4.78, 5) is 43.7. The second kappa shape index (κ2) is 6.91. The highest BCUT2D eigenvalue weighted by molar-refractivity contribution is 7.99. The van der Waals surface area contributed by atoms with Crippen molar-refractivity contribution in [1.29, 1.82) is 0 Å². The van der Waals surface area contributed by atoms with Crippen molar-refractivity contribution in [3.8, 4) is 0 Å². The number of hydrogen-bond acceptors (Lipinski definition) is 4. The van der Waals surface area contributed by atoms with Crippen LogP contribution in [-0.4, -0.2) is 34.8 Å². The lowest BCUT2D eigenvalue weighted by Crippen LogP contribution is -2.49. The number of amides is 4. The van der Waals surface area contributed by atoms with Gasteiger partial charge in [0, 0.05) is 9.79 Å². The van der Waals surface area contributed by atoms with Crippen molar-refractivity contribution in [2.45, 2.75) is 47.4 Å². The largest absolute Gasteiger partial charge is 0.325 e. The topological polar surface area (TPSA) is 69.7 Å². The Bertz CT molecular complexity index is 970. The zero-order valence-electron chi connectivity index (χ0n) is 15.9. The lowest BCUT2D eigenvalue weighted by molar-refractivity contribution is -0.135. The maximum Gasteiger partial charge on any atom is 0.325 e. The van der Waals surface area contributed by atoms with E-state index < -0.39 is 11.6 Å². The smallest absolute Gasteiger partial charge is 0.323 e. The van der Waals surface area contributed by atoms with Gasteiger partial charge in [0.1, 0.15) is 12.1 Å². The third-order valence-electron chi connectivity index (χ3n) is 5.93. The van der Waals surface area contributed by atoms with E-state index in [0.29, 0.717) is 12.8 Å². The van der Waals surface area contributed by atoms with E-state index in [2.05, 4.69) is 5.32 Å². The van der Waals surface area contributed by atoms with E-state index in [1.807, 2.05) is 48.5 Å². The average molecular weight is 407 g/mol. The highest BCUT2D eigenvalue weighted by atomic mass is 32.2. The highest BCUT2D eigenvalue weighted by Crippen LogP contribution is 2.48. The maximum atomic E-state index is 13.4. The quantitative estimate of drug-likeness (QED) is 0.762. The van der Waals surface area contributed by atoms with Gasteiger partial charge in [-0.1, -0.05) is 55.3 Å². The SMILES string of the molecule is O=C1NC2(CCCCC2)C(=O)N1CC(=O)N1c2ccccc2Sc2ccccc21. The molecule has 7 heteroatoms. The minimum atomic E-state index is -0.816. The van der Waals surface area contributed by atoms with Crippen LogP contribution in [0, 0.1) is 0 Å². The van der Waals surface area contributed by atoms with Crippen LogP contribution in [0.25, 0.3) is 0 Å². The summed E-state index contributed by atoms with van der Waals surface area (Å²) in [5, 5.41) is 2.88. The van der Waals surface area contributed by atoms with Crippen LogP contribution < -0.4 is 10.2 Å². The minimum absolute atomic E-state index is 0.261. The van der Waals surface area contributed by atoms with Crippen molar-refractivity contribution in [2.75, 3.05) is 11.4 Å². The number of carbonyl (C=O) groups is 3. The molecule has 2 fully saturated rings. The first kappa shape index (κ1) is 18.2. The number of nitrogens with one attached hydrogen (secondary N) is 1. The van der Waals surface area contributed by atoms with E-state index in [1.165, 1.54) is 0 Å². The van der Waals surface area contributed by atoms with Gasteiger partial charge < -0.3 is 5.32 Å². The Balaban J connectivity index is 1.46. The van der Waals surface area contributed by atoms with Crippen molar-refractivity contribution >= 4 is 41.0 Å². The molecule has 2 aromatic carbocycles. The zero-order valence-corrected chi connectivity index (χ0v) is 16.7. The van der Waals surface area contributed by atoms with Crippen LogP contribution in [0.2, 0.25) is 0 Å². The molecule has 0 radical (unpaired) electrons. The fourth-order valence-corrected chi connectivity index (χ4v) is 5.55. The molecule has 2 heterocycles. The van der Waals surface area contributed by atoms with Gasteiger partial charge in [-0.3, -0.25) is 19.4 Å². The number of carbonyl (C=O) groups excluding carboxylic acids is 3. The minimum Gasteiger partial charge on any atom is -0.323 e. The van der Waals surface area contributed by atoms with Gasteiger partial charge in [0.05, 0.1) is 11.4 Å². The fraction of sp³-hybridized carbons (Fsp3) is 0.318. The van der Waals surface area contributed by atoms with Gasteiger partial charge in [-0.15, -0.1) is 0 Å². The number of hydrogen-bond donors (Lipinski definition) is 1. The summed E-state index contributed by atoms with van der Waals surface area (Å²) in [6.07, 6.45) is 4.20. The van der Waals surface area contributed by atoms with Crippen LogP contribution in [0.5, 0.6) is 0 Å². The zero-order chi connectivity index (χ0) is 20.0. The van der Waals surface area contributed by atoms with Crippen molar-refractivity contribution in [3.05, 3.63) is 48.5 Å². The number of imide groups is 1. The molecule has 2 aromatic rings. The second-order valence-corrected chi connectivity index (χ2v) is 8.81. The summed E-state index contributed by atoms with van der Waals surface area (Å²) < 4.78 is 0. The molecule has 29 heavy (non-hydrogen) atoms. The summed E-state index contributed by atoms with van der Waals surface area (Å²) in [6.45, 7) is -0.264. The van der Waals surface area contributed by atoms with Crippen LogP contribution in [0.15, 0.2) is 58.3 Å². The van der Waals surface area contributed by atoms with E-state index in [4.69, 9.17) is 0 Å². The standard InChI is InChI=1S/C22H21N3O3S/c26-19(14-24-20(27)22(23-21(24)28)12-6-1-7-13-22)25-15-8-2-4-10-17(15)29-18-11-5-3-9-16(18)25/h2-5,8-11H,1,6-7,12-14H2,(H,23,28). The van der Waals surface area contributed by atoms with Crippen LogP contribution in [-0.2, 0) is 9.59 Å². The highest BCUT2D eigenvalue weighted by Gasteiger charge is 2.52. The summed E-state index contributed by atoms with van der Waals surface area (Å²) >= 11 is 1.61. The lowest BCUT2D eigenvalue weighted by Gasteiger charge is -2.32. The molecule has 2 aliphatic heterocycles. The normalized spacial score (nSPS) is 19.7. The molecule has 5 rings (SSSR count). The van der Waals surface area contributed by atoms with Crippen LogP contribution >= 0.6 is 11.8 Å². The second-order valence-electron chi connectivity index (χ2n) is 7.73. The first-order valence-electron chi connectivity index (χ1n) is 9.92. The summed E-state index contributed by atoms with van der Waals surface area (Å²) in [7, 11) is 0. The monoisotopic (exact) mass is 407 g/mol. The maximum absolute atomic E-state index is 13.4. The van der Waals surface area contributed by atoms with Gasteiger partial charge in [0.2, 0.25) is 0 Å². The van der Waals surface area contributed by atoms with Gasteiger partial charge in [-0.2, -0.15) is 0 Å². The number of para-hydroxylation sites is 2. The third kappa shape index (κ3) is 2.92. The first-order chi connectivity index (χ1) is 14.1. The molecule has 148 valence electrons. The molecule has 4 amide bonds. The van der Waals surface area contributed by atoms with E-state index in [-0.39, 0.29) is 18.4 Å². The Morgan fingerprint density at radius 1 is 0.931 bits per heavy atom. The molecular weight excluding hydrogens is 386 g/mol. The molecule has 1 N–H and O–H groups in total. The fourth-order valence-electron chi connectivity index (χ4n) is 4.49. The van der Waals surface area contributed by atoms with E-state index in [0.717, 1.165) is 45.3 Å². The van der Waals surface area contributed by atoms with Crippen molar-refractivity contribution < 1.29 is 14.4 Å². The van der Waals surface area contributed by atoms with Gasteiger partial charge >= 0.3 is 6.03 Å². The number of anilines is 2. The van der Waals surface area contributed by atoms with Gasteiger partial charge in [-0.25, -0.2) is 4.79 Å². The van der Waals surface area contributed by atoms with Gasteiger partial charge in [0.25, 0.3) is 11.8 Å². The average Bonchev–Trinajstić information content (AvgIpc) is 2.96. The molecule has 6 nitrogen and oxygen atoms in total. The lowest BCUT2D eigenvalue weighted by atomic mass is 9.82. The third-order valence-corrected chi connectivity index (χ3v) is 7.06. The van der Waals surface area contributed by atoms with Crippen LogP contribution in [0.3, 0.4) is 0 Å². The number of benzene rings is 2. The van der Waals surface area contributed by atoms with Crippen LogP contribution in [0.4, 0.5) is 16.2 Å². The molecule has 0 bridgehead atoms. The Hall–Kier alpha value is -2.80. The van der Waals surface area contributed by atoms with Crippen molar-refractivity contribution in [2.24, 2.45) is 0 Å². The molecule has 1 saturated carbocycles. The number of urea groups is 1. The van der Waals surface area contributed by atoms with E-state index in [1.54, 1.807) is 16.7 Å². The summed E-state index contributed by atoms with van der Waals surface area (Å²) in [5.74, 6) is -0.551. The van der Waals surface area contributed by atoms with Crippen molar-refractivity contribution in [1.82, 2.24) is 10.2 Å². The molecule has 0 unspecified atom stereocenters. The molecule has 0 aromatic heterocycles. The molecule has 3 aliphatic rings. The molecule has 0 atom stereocenters. The summed E-state index contributed by atoms with van der Waals surface area (Å²) in [5.41, 5.74) is 0.740. The number of fused-ring (bicyclic) bond motifs is 2. The molecular formula is C22H21N3O3S. The molecule has 1 aliphatic carbocycles. The Kier molecular flexibility index (Phi) is 4.35. The number of nitrogens with zero attached hydrogens (tertiary/aromatic N) is 2. The Labute approximate surface area is 173 Å². The van der Waals surface area contributed by atoms with E-state index in [9.17, 15) is 14.4 Å². The Morgan fingerprint density at radius 3 is 2.14 bits per heavy atom. The van der Waals surface area contributed by atoms with Crippen LogP contribution in [0.1, 0.15) is 32.1 Å². The predicted octanol–water partition coefficient (Wildman–Crippen LogP) is 4.07. The first-order valence-corrected chi connectivity index (χ1v) is 10.7.